The van der Waals surface area contributed by atoms with Crippen molar-refractivity contribution in [3.05, 3.63) is 53.9 Å². The van der Waals surface area contributed by atoms with Gasteiger partial charge in [-0.05, 0) is 30.2 Å². The Bertz CT molecular complexity index is 786. The van der Waals surface area contributed by atoms with Crippen LogP contribution in [0.4, 0.5) is 5.69 Å². The van der Waals surface area contributed by atoms with Gasteiger partial charge in [0, 0.05) is 45.3 Å². The number of anilines is 1. The quantitative estimate of drug-likeness (QED) is 0.404. The standard InChI is InChI=1S/C19H25N5O.HI/c1-20-19(24(3)13-14-7-6-12-23(14)2)21-11-10-16-15-8-4-5-9-17(15)22-18(16)25;/h4-9,12,16H,10-11,13H2,1-3H3,(H,20,21)(H,22,25);1H. The van der Waals surface area contributed by atoms with Gasteiger partial charge in [-0.3, -0.25) is 9.79 Å². The lowest BCUT2D eigenvalue weighted by Crippen LogP contribution is -2.39. The SMILES string of the molecule is CN=C(NCCC1C(=O)Nc2ccccc21)N(C)Cc1cccn1C.I. The number of nitrogens with one attached hydrogen (secondary N) is 2. The molecule has 1 unspecified atom stereocenters. The molecule has 0 saturated carbocycles. The van der Waals surface area contributed by atoms with Gasteiger partial charge in [-0.25, -0.2) is 0 Å². The third kappa shape index (κ3) is 4.38. The molecule has 0 fully saturated rings. The summed E-state index contributed by atoms with van der Waals surface area (Å²) in [7, 11) is 5.83. The first-order valence-electron chi connectivity index (χ1n) is 8.52. The maximum absolute atomic E-state index is 12.2. The molecule has 1 aliphatic heterocycles. The first-order chi connectivity index (χ1) is 12.1. The van der Waals surface area contributed by atoms with Gasteiger partial charge < -0.3 is 20.1 Å². The van der Waals surface area contributed by atoms with E-state index in [0.717, 1.165) is 30.2 Å². The van der Waals surface area contributed by atoms with Crippen molar-refractivity contribution in [1.82, 2.24) is 14.8 Å². The summed E-state index contributed by atoms with van der Waals surface area (Å²) in [6.45, 7) is 1.46. The Kier molecular flexibility index (Phi) is 7.07. The van der Waals surface area contributed by atoms with Gasteiger partial charge in [0.2, 0.25) is 5.91 Å². The number of carbonyl (C=O) groups is 1. The number of amides is 1. The number of carbonyl (C=O) groups excluding carboxylic acids is 1. The Hall–Kier alpha value is -2.03. The van der Waals surface area contributed by atoms with Crippen molar-refractivity contribution in [2.75, 3.05) is 26.0 Å². The maximum Gasteiger partial charge on any atom is 0.232 e. The lowest BCUT2D eigenvalue weighted by atomic mass is 9.97. The first kappa shape index (κ1) is 20.3. The number of rotatable bonds is 5. The van der Waals surface area contributed by atoms with Gasteiger partial charge in [0.05, 0.1) is 12.5 Å². The van der Waals surface area contributed by atoms with Crippen LogP contribution in [0.15, 0.2) is 47.6 Å². The molecule has 0 spiro atoms. The predicted octanol–water partition coefficient (Wildman–Crippen LogP) is 2.78. The van der Waals surface area contributed by atoms with E-state index in [0.29, 0.717) is 6.54 Å². The maximum atomic E-state index is 12.2. The molecule has 1 amide bonds. The smallest absolute Gasteiger partial charge is 0.232 e. The van der Waals surface area contributed by atoms with Crippen LogP contribution in [0.3, 0.4) is 0 Å². The summed E-state index contributed by atoms with van der Waals surface area (Å²) < 4.78 is 2.10. The molecule has 7 heteroatoms. The predicted molar refractivity (Wildman–Crippen MR) is 116 cm³/mol. The van der Waals surface area contributed by atoms with Gasteiger partial charge in [-0.1, -0.05) is 18.2 Å². The van der Waals surface area contributed by atoms with Gasteiger partial charge in [-0.2, -0.15) is 0 Å². The van der Waals surface area contributed by atoms with Crippen LogP contribution in [-0.2, 0) is 18.4 Å². The molecule has 6 nitrogen and oxygen atoms in total. The van der Waals surface area contributed by atoms with E-state index in [2.05, 4.69) is 31.2 Å². The minimum Gasteiger partial charge on any atom is -0.356 e. The van der Waals surface area contributed by atoms with Gasteiger partial charge in [0.25, 0.3) is 0 Å². The van der Waals surface area contributed by atoms with Crippen LogP contribution in [0.25, 0.3) is 0 Å². The number of hydrogen-bond donors (Lipinski definition) is 2. The summed E-state index contributed by atoms with van der Waals surface area (Å²) in [6.07, 6.45) is 2.77. The highest BCUT2D eigenvalue weighted by atomic mass is 127. The Morgan fingerprint density at radius 1 is 1.31 bits per heavy atom. The zero-order valence-electron chi connectivity index (χ0n) is 15.4. The molecule has 0 bridgehead atoms. The molecule has 1 atom stereocenters. The Balaban J connectivity index is 0.00000243. The lowest BCUT2D eigenvalue weighted by Gasteiger charge is -2.23. The van der Waals surface area contributed by atoms with E-state index in [1.54, 1.807) is 7.05 Å². The second-order valence-electron chi connectivity index (χ2n) is 6.36. The second kappa shape index (κ2) is 9.07. The first-order valence-corrected chi connectivity index (χ1v) is 8.52. The van der Waals surface area contributed by atoms with E-state index >= 15 is 0 Å². The van der Waals surface area contributed by atoms with Crippen molar-refractivity contribution >= 4 is 41.5 Å². The van der Waals surface area contributed by atoms with E-state index in [9.17, 15) is 4.79 Å². The number of aromatic nitrogens is 1. The second-order valence-corrected chi connectivity index (χ2v) is 6.36. The van der Waals surface area contributed by atoms with E-state index in [4.69, 9.17) is 0 Å². The third-order valence-corrected chi connectivity index (χ3v) is 4.65. The normalized spacial score (nSPS) is 15.9. The Morgan fingerprint density at radius 3 is 2.77 bits per heavy atom. The van der Waals surface area contributed by atoms with E-state index < -0.39 is 0 Å². The van der Waals surface area contributed by atoms with Gasteiger partial charge in [0.1, 0.15) is 0 Å². The van der Waals surface area contributed by atoms with E-state index in [-0.39, 0.29) is 35.8 Å². The Labute approximate surface area is 171 Å². The van der Waals surface area contributed by atoms with Crippen molar-refractivity contribution in [1.29, 1.82) is 0 Å². The van der Waals surface area contributed by atoms with Gasteiger partial charge >= 0.3 is 0 Å². The number of para-hydroxylation sites is 1. The molecule has 2 heterocycles. The number of aliphatic imine (C=N–C) groups is 1. The summed E-state index contributed by atoms with van der Waals surface area (Å²) in [4.78, 5) is 18.6. The summed E-state index contributed by atoms with van der Waals surface area (Å²) >= 11 is 0. The van der Waals surface area contributed by atoms with Gasteiger partial charge in [-0.15, -0.1) is 24.0 Å². The molecule has 0 aliphatic carbocycles. The molecule has 2 aromatic rings. The number of fused-ring (bicyclic) bond motifs is 1. The van der Waals surface area contributed by atoms with Crippen LogP contribution in [0.1, 0.15) is 23.6 Å². The van der Waals surface area contributed by atoms with Crippen LogP contribution in [0, 0.1) is 0 Å². The molecule has 0 saturated heterocycles. The fourth-order valence-corrected chi connectivity index (χ4v) is 3.25. The van der Waals surface area contributed by atoms with E-state index in [1.165, 1.54) is 5.69 Å². The summed E-state index contributed by atoms with van der Waals surface area (Å²) in [5.74, 6) is 0.808. The molecular formula is C19H26IN5O. The number of halogens is 1. The highest BCUT2D eigenvalue weighted by molar-refractivity contribution is 14.0. The van der Waals surface area contributed by atoms with Crippen molar-refractivity contribution in [3.8, 4) is 0 Å². The van der Waals surface area contributed by atoms with Crippen LogP contribution >= 0.6 is 24.0 Å². The molecule has 1 aliphatic rings. The van der Waals surface area contributed by atoms with Crippen LogP contribution < -0.4 is 10.6 Å². The Morgan fingerprint density at radius 2 is 2.08 bits per heavy atom. The van der Waals surface area contributed by atoms with Crippen LogP contribution in [0.5, 0.6) is 0 Å². The van der Waals surface area contributed by atoms with Crippen molar-refractivity contribution in [2.24, 2.45) is 12.0 Å². The molecule has 26 heavy (non-hydrogen) atoms. The lowest BCUT2D eigenvalue weighted by molar-refractivity contribution is -0.117. The zero-order valence-corrected chi connectivity index (χ0v) is 17.7. The monoisotopic (exact) mass is 467 g/mol. The highest BCUT2D eigenvalue weighted by Gasteiger charge is 2.29. The van der Waals surface area contributed by atoms with E-state index in [1.807, 2.05) is 50.6 Å². The number of nitrogens with zero attached hydrogens (tertiary/aromatic N) is 3. The van der Waals surface area contributed by atoms with Gasteiger partial charge in [0.15, 0.2) is 5.96 Å². The minimum atomic E-state index is -0.0972. The summed E-state index contributed by atoms with van der Waals surface area (Å²) in [5, 5.41) is 6.31. The fraction of sp³-hybridized carbons (Fsp3) is 0.368. The molecule has 0 radical (unpaired) electrons. The molecule has 1 aromatic carbocycles. The molecule has 3 rings (SSSR count). The topological polar surface area (TPSA) is 61.7 Å². The summed E-state index contributed by atoms with van der Waals surface area (Å²) in [5.41, 5.74) is 3.23. The average Bonchev–Trinajstić information content (AvgIpc) is 3.14. The number of guanidine groups is 1. The molecule has 140 valence electrons. The number of aryl methyl sites for hydroxylation is 1. The largest absolute Gasteiger partial charge is 0.356 e. The number of benzene rings is 1. The van der Waals surface area contributed by atoms with Crippen molar-refractivity contribution in [3.63, 3.8) is 0 Å². The average molecular weight is 467 g/mol. The minimum absolute atomic E-state index is 0. The van der Waals surface area contributed by atoms with Crippen LogP contribution in [-0.4, -0.2) is 42.0 Å². The summed E-state index contributed by atoms with van der Waals surface area (Å²) in [6, 6.07) is 12.0. The zero-order chi connectivity index (χ0) is 17.8. The van der Waals surface area contributed by atoms with Crippen molar-refractivity contribution in [2.45, 2.75) is 18.9 Å². The van der Waals surface area contributed by atoms with Crippen LogP contribution in [0.2, 0.25) is 0 Å². The third-order valence-electron chi connectivity index (χ3n) is 4.65. The number of hydrogen-bond acceptors (Lipinski definition) is 2. The fourth-order valence-electron chi connectivity index (χ4n) is 3.25. The highest BCUT2D eigenvalue weighted by Crippen LogP contribution is 2.33. The molecule has 1 aromatic heterocycles. The molecular weight excluding hydrogens is 441 g/mol. The molecule has 2 N–H and O–H groups in total. The van der Waals surface area contributed by atoms with Crippen molar-refractivity contribution < 1.29 is 4.79 Å².